The van der Waals surface area contributed by atoms with Crippen molar-refractivity contribution in [2.45, 2.75) is 38.3 Å². The fourth-order valence-electron chi connectivity index (χ4n) is 3.57. The van der Waals surface area contributed by atoms with Gasteiger partial charge in [0.05, 0.1) is 12.6 Å². The lowest BCUT2D eigenvalue weighted by atomic mass is 9.96. The summed E-state index contributed by atoms with van der Waals surface area (Å²) >= 11 is 0. The summed E-state index contributed by atoms with van der Waals surface area (Å²) in [6.45, 7) is 3.97. The number of carbonyl (C=O) groups is 2. The van der Waals surface area contributed by atoms with Crippen LogP contribution < -0.4 is 10.6 Å². The van der Waals surface area contributed by atoms with E-state index in [9.17, 15) is 9.59 Å². The molecule has 0 bridgehead atoms. The highest BCUT2D eigenvalue weighted by atomic mass is 16.5. The molecule has 1 unspecified atom stereocenters. The molecule has 26 heavy (non-hydrogen) atoms. The van der Waals surface area contributed by atoms with Crippen molar-refractivity contribution in [3.05, 3.63) is 35.9 Å². The molecule has 6 nitrogen and oxygen atoms in total. The van der Waals surface area contributed by atoms with Gasteiger partial charge in [-0.05, 0) is 44.3 Å². The maximum absolute atomic E-state index is 12.3. The first-order valence-electron chi connectivity index (χ1n) is 9.63. The molecule has 3 rings (SSSR count). The Balaban J connectivity index is 1.31. The minimum absolute atomic E-state index is 0.0462. The molecule has 142 valence electrons. The minimum atomic E-state index is 0.0462. The number of amides is 2. The third-order valence-electron chi connectivity index (χ3n) is 5.19. The number of nitrogens with zero attached hydrogens (tertiary/aromatic N) is 1. The Morgan fingerprint density at radius 1 is 1.08 bits per heavy atom. The molecule has 1 atom stereocenters. The number of benzene rings is 1. The van der Waals surface area contributed by atoms with Crippen LogP contribution in [0.25, 0.3) is 0 Å². The summed E-state index contributed by atoms with van der Waals surface area (Å²) in [5.41, 5.74) is 1.11. The number of hydrogen-bond acceptors (Lipinski definition) is 4. The van der Waals surface area contributed by atoms with Crippen molar-refractivity contribution < 1.29 is 14.3 Å². The maximum atomic E-state index is 12.3. The summed E-state index contributed by atoms with van der Waals surface area (Å²) in [5, 5.41) is 5.98. The molecule has 1 aromatic carbocycles. The number of piperidine rings is 1. The minimum Gasteiger partial charge on any atom is -0.376 e. The van der Waals surface area contributed by atoms with Gasteiger partial charge in [0.1, 0.15) is 0 Å². The summed E-state index contributed by atoms with van der Waals surface area (Å²) in [4.78, 5) is 26.5. The highest BCUT2D eigenvalue weighted by Crippen LogP contribution is 2.17. The summed E-state index contributed by atoms with van der Waals surface area (Å²) in [7, 11) is 0. The fraction of sp³-hybridized carbons (Fsp3) is 0.600. The average Bonchev–Trinajstić information content (AvgIpc) is 3.19. The van der Waals surface area contributed by atoms with Gasteiger partial charge >= 0.3 is 0 Å². The Bertz CT molecular complexity index is 579. The molecular weight excluding hydrogens is 330 g/mol. The first-order valence-corrected chi connectivity index (χ1v) is 9.63. The van der Waals surface area contributed by atoms with Gasteiger partial charge in [0.2, 0.25) is 11.8 Å². The molecule has 2 amide bonds. The van der Waals surface area contributed by atoms with E-state index < -0.39 is 0 Å². The number of likely N-dealkylation sites (tertiary alicyclic amines) is 1. The van der Waals surface area contributed by atoms with E-state index in [2.05, 4.69) is 15.5 Å². The molecule has 0 aromatic heterocycles. The number of hydrogen-bond donors (Lipinski definition) is 2. The number of rotatable bonds is 7. The van der Waals surface area contributed by atoms with Gasteiger partial charge in [-0.2, -0.15) is 0 Å². The third-order valence-corrected chi connectivity index (χ3v) is 5.19. The van der Waals surface area contributed by atoms with Gasteiger partial charge in [-0.1, -0.05) is 30.3 Å². The second-order valence-electron chi connectivity index (χ2n) is 7.19. The summed E-state index contributed by atoms with van der Waals surface area (Å²) in [5.74, 6) is 0.216. The van der Waals surface area contributed by atoms with Crippen LogP contribution in [0.1, 0.15) is 31.2 Å². The van der Waals surface area contributed by atoms with Crippen LogP contribution in [0.2, 0.25) is 0 Å². The smallest absolute Gasteiger partial charge is 0.234 e. The Kier molecular flexibility index (Phi) is 7.03. The third kappa shape index (κ3) is 5.81. The Hall–Kier alpha value is -1.92. The molecule has 2 aliphatic rings. The van der Waals surface area contributed by atoms with Crippen LogP contribution >= 0.6 is 0 Å². The molecule has 0 saturated carbocycles. The van der Waals surface area contributed by atoms with Crippen LogP contribution in [-0.4, -0.2) is 55.6 Å². The molecule has 0 radical (unpaired) electrons. The predicted octanol–water partition coefficient (Wildman–Crippen LogP) is 1.31. The van der Waals surface area contributed by atoms with E-state index in [1.54, 1.807) is 0 Å². The van der Waals surface area contributed by atoms with E-state index in [0.717, 1.165) is 50.9 Å². The number of ether oxygens (including phenoxy) is 1. The van der Waals surface area contributed by atoms with Gasteiger partial charge < -0.3 is 15.4 Å². The highest BCUT2D eigenvalue weighted by molar-refractivity contribution is 5.79. The monoisotopic (exact) mass is 359 g/mol. The van der Waals surface area contributed by atoms with E-state index in [0.29, 0.717) is 19.6 Å². The Labute approximate surface area is 155 Å². The average molecular weight is 359 g/mol. The van der Waals surface area contributed by atoms with Crippen LogP contribution in [0.3, 0.4) is 0 Å². The van der Waals surface area contributed by atoms with Crippen molar-refractivity contribution >= 4 is 11.8 Å². The van der Waals surface area contributed by atoms with Gasteiger partial charge in [0.15, 0.2) is 0 Å². The number of carbonyl (C=O) groups excluding carboxylic acids is 2. The van der Waals surface area contributed by atoms with Crippen LogP contribution in [0.4, 0.5) is 0 Å². The van der Waals surface area contributed by atoms with E-state index in [4.69, 9.17) is 4.74 Å². The molecular formula is C20H29N3O3. The first-order chi connectivity index (χ1) is 12.7. The molecule has 0 spiro atoms. The van der Waals surface area contributed by atoms with Crippen molar-refractivity contribution in [1.82, 2.24) is 15.5 Å². The maximum Gasteiger partial charge on any atom is 0.234 e. The van der Waals surface area contributed by atoms with Crippen LogP contribution in [-0.2, 0) is 20.9 Å². The van der Waals surface area contributed by atoms with Gasteiger partial charge in [0.25, 0.3) is 0 Å². The van der Waals surface area contributed by atoms with E-state index >= 15 is 0 Å². The van der Waals surface area contributed by atoms with Gasteiger partial charge in [-0.25, -0.2) is 0 Å². The van der Waals surface area contributed by atoms with Crippen molar-refractivity contribution in [3.8, 4) is 0 Å². The SMILES string of the molecule is O=C(CN1CCC(C(=O)NCc2ccccc2)CC1)NCC1CCCO1. The molecule has 2 saturated heterocycles. The van der Waals surface area contributed by atoms with Gasteiger partial charge in [-0.15, -0.1) is 0 Å². The largest absolute Gasteiger partial charge is 0.376 e. The van der Waals surface area contributed by atoms with Gasteiger partial charge in [0, 0.05) is 25.6 Å². The lowest BCUT2D eigenvalue weighted by Crippen LogP contribution is -2.45. The van der Waals surface area contributed by atoms with Crippen molar-refractivity contribution in [1.29, 1.82) is 0 Å². The second-order valence-corrected chi connectivity index (χ2v) is 7.19. The van der Waals surface area contributed by atoms with E-state index in [1.807, 2.05) is 30.3 Å². The molecule has 6 heteroatoms. The topological polar surface area (TPSA) is 70.7 Å². The first kappa shape index (κ1) is 18.9. The fourth-order valence-corrected chi connectivity index (χ4v) is 3.57. The number of nitrogens with one attached hydrogen (secondary N) is 2. The van der Waals surface area contributed by atoms with E-state index in [-0.39, 0.29) is 23.8 Å². The summed E-state index contributed by atoms with van der Waals surface area (Å²) in [6.07, 6.45) is 3.90. The van der Waals surface area contributed by atoms with Crippen molar-refractivity contribution in [2.24, 2.45) is 5.92 Å². The van der Waals surface area contributed by atoms with Gasteiger partial charge in [-0.3, -0.25) is 14.5 Å². The Morgan fingerprint density at radius 2 is 1.85 bits per heavy atom. The zero-order chi connectivity index (χ0) is 18.2. The van der Waals surface area contributed by atoms with Crippen LogP contribution in [0.15, 0.2) is 30.3 Å². The molecule has 2 heterocycles. The van der Waals surface area contributed by atoms with Crippen molar-refractivity contribution in [2.75, 3.05) is 32.8 Å². The quantitative estimate of drug-likeness (QED) is 0.770. The lowest BCUT2D eigenvalue weighted by molar-refractivity contribution is -0.127. The zero-order valence-electron chi connectivity index (χ0n) is 15.3. The Morgan fingerprint density at radius 3 is 2.54 bits per heavy atom. The molecule has 2 N–H and O–H groups in total. The van der Waals surface area contributed by atoms with Crippen LogP contribution in [0, 0.1) is 5.92 Å². The van der Waals surface area contributed by atoms with E-state index in [1.165, 1.54) is 0 Å². The highest BCUT2D eigenvalue weighted by Gasteiger charge is 2.26. The lowest BCUT2D eigenvalue weighted by Gasteiger charge is -2.30. The summed E-state index contributed by atoms with van der Waals surface area (Å²) < 4.78 is 5.52. The second kappa shape index (κ2) is 9.69. The molecule has 2 aliphatic heterocycles. The summed E-state index contributed by atoms with van der Waals surface area (Å²) in [6, 6.07) is 9.95. The standard InChI is InChI=1S/C20H29N3O3/c24-19(21-14-18-7-4-12-26-18)15-23-10-8-17(9-11-23)20(25)22-13-16-5-2-1-3-6-16/h1-3,5-6,17-18H,4,7-15H2,(H,21,24)(H,22,25). The van der Waals surface area contributed by atoms with Crippen LogP contribution in [0.5, 0.6) is 0 Å². The molecule has 0 aliphatic carbocycles. The normalized spacial score (nSPS) is 21.5. The predicted molar refractivity (Wildman–Crippen MR) is 99.4 cm³/mol. The molecule has 1 aromatic rings. The molecule has 2 fully saturated rings. The van der Waals surface area contributed by atoms with Crippen molar-refractivity contribution in [3.63, 3.8) is 0 Å². The zero-order valence-corrected chi connectivity index (χ0v) is 15.3.